The molecule has 1 aromatic rings. The number of hydrogen-bond acceptors (Lipinski definition) is 6. The molecule has 1 heterocycles. The number of nitrogens with one attached hydrogen (secondary N) is 2. The van der Waals surface area contributed by atoms with E-state index >= 15 is 0 Å². The molecule has 0 unspecified atom stereocenters. The molecular formula is C12H23N5O. The van der Waals surface area contributed by atoms with Crippen molar-refractivity contribution in [3.05, 3.63) is 11.4 Å². The van der Waals surface area contributed by atoms with Crippen molar-refractivity contribution in [2.75, 3.05) is 23.9 Å². The summed E-state index contributed by atoms with van der Waals surface area (Å²) in [5.41, 5.74) is 3.47. The summed E-state index contributed by atoms with van der Waals surface area (Å²) < 4.78 is 0. The number of aliphatic hydroxyl groups excluding tert-OH is 1. The average Bonchev–Trinajstić information content (AvgIpc) is 2.29. The summed E-state index contributed by atoms with van der Waals surface area (Å²) in [5, 5.41) is 12.3. The van der Waals surface area contributed by atoms with Crippen LogP contribution in [0.4, 0.5) is 11.6 Å². The van der Waals surface area contributed by atoms with Crippen molar-refractivity contribution in [3.63, 3.8) is 0 Å². The first-order chi connectivity index (χ1) is 8.39. The molecule has 0 radical (unpaired) electrons. The smallest absolute Gasteiger partial charge is 0.148 e. The van der Waals surface area contributed by atoms with Crippen LogP contribution in [0, 0.1) is 19.3 Å². The first kappa shape index (κ1) is 14.7. The van der Waals surface area contributed by atoms with Crippen molar-refractivity contribution < 1.29 is 5.11 Å². The zero-order chi connectivity index (χ0) is 13.8. The molecule has 0 aliphatic heterocycles. The van der Waals surface area contributed by atoms with Gasteiger partial charge < -0.3 is 15.8 Å². The predicted molar refractivity (Wildman–Crippen MR) is 73.3 cm³/mol. The summed E-state index contributed by atoms with van der Waals surface area (Å²) in [5.74, 6) is 7.49. The van der Waals surface area contributed by atoms with Gasteiger partial charge in [-0.2, -0.15) is 0 Å². The maximum absolute atomic E-state index is 9.00. The molecule has 0 amide bonds. The second-order valence-corrected chi connectivity index (χ2v) is 5.23. The van der Waals surface area contributed by atoms with E-state index in [1.165, 1.54) is 0 Å². The molecule has 5 N–H and O–H groups in total. The molecule has 0 saturated heterocycles. The number of aryl methyl sites for hydroxylation is 1. The lowest BCUT2D eigenvalue weighted by Crippen LogP contribution is -2.25. The summed E-state index contributed by atoms with van der Waals surface area (Å²) in [7, 11) is 0. The molecule has 102 valence electrons. The zero-order valence-electron chi connectivity index (χ0n) is 11.5. The third kappa shape index (κ3) is 3.82. The van der Waals surface area contributed by atoms with Crippen molar-refractivity contribution in [2.45, 2.75) is 34.1 Å². The standard InChI is InChI=1S/C12H23N5O/c1-8-10(14-7-12(3,4)5-6-18)15-9(2)16-11(8)17-13/h18H,5-7,13H2,1-4H3,(H2,14,15,16,17). The van der Waals surface area contributed by atoms with Crippen LogP contribution in [0.2, 0.25) is 0 Å². The number of anilines is 2. The highest BCUT2D eigenvalue weighted by Crippen LogP contribution is 2.23. The van der Waals surface area contributed by atoms with Crippen molar-refractivity contribution in [2.24, 2.45) is 11.3 Å². The van der Waals surface area contributed by atoms with Crippen LogP contribution in [0.5, 0.6) is 0 Å². The molecule has 6 heteroatoms. The number of aliphatic hydroxyl groups is 1. The Bertz CT molecular complexity index is 406. The van der Waals surface area contributed by atoms with Crippen LogP contribution in [0.15, 0.2) is 0 Å². The van der Waals surface area contributed by atoms with Crippen LogP contribution < -0.4 is 16.6 Å². The summed E-state index contributed by atoms with van der Waals surface area (Å²) in [6.45, 7) is 8.85. The Kier molecular flexibility index (Phi) is 4.86. The van der Waals surface area contributed by atoms with Gasteiger partial charge >= 0.3 is 0 Å². The molecule has 0 spiro atoms. The fourth-order valence-corrected chi connectivity index (χ4v) is 1.66. The lowest BCUT2D eigenvalue weighted by atomic mass is 9.90. The first-order valence-corrected chi connectivity index (χ1v) is 6.06. The highest BCUT2D eigenvalue weighted by molar-refractivity contribution is 5.56. The number of rotatable bonds is 6. The predicted octanol–water partition coefficient (Wildman–Crippen LogP) is 1.20. The van der Waals surface area contributed by atoms with E-state index in [0.29, 0.717) is 11.6 Å². The second-order valence-electron chi connectivity index (χ2n) is 5.23. The summed E-state index contributed by atoms with van der Waals surface area (Å²) in [6.07, 6.45) is 0.741. The van der Waals surface area contributed by atoms with Gasteiger partial charge in [0, 0.05) is 18.7 Å². The van der Waals surface area contributed by atoms with Crippen LogP contribution in [0.1, 0.15) is 31.7 Å². The quantitative estimate of drug-likeness (QED) is 0.449. The van der Waals surface area contributed by atoms with Gasteiger partial charge in [-0.25, -0.2) is 15.8 Å². The van der Waals surface area contributed by atoms with Gasteiger partial charge in [0.2, 0.25) is 0 Å². The SMILES string of the molecule is Cc1nc(NN)c(C)c(NCC(C)(C)CCO)n1. The van der Waals surface area contributed by atoms with E-state index in [9.17, 15) is 0 Å². The second kappa shape index (κ2) is 5.97. The van der Waals surface area contributed by atoms with Crippen LogP contribution in [-0.2, 0) is 0 Å². The monoisotopic (exact) mass is 253 g/mol. The Morgan fingerprint density at radius 3 is 2.39 bits per heavy atom. The number of hydrazine groups is 1. The number of nitrogens with zero attached hydrogens (tertiary/aromatic N) is 2. The van der Waals surface area contributed by atoms with E-state index in [4.69, 9.17) is 10.9 Å². The third-order valence-electron chi connectivity index (χ3n) is 2.92. The highest BCUT2D eigenvalue weighted by Gasteiger charge is 2.18. The fourth-order valence-electron chi connectivity index (χ4n) is 1.66. The molecule has 0 saturated carbocycles. The van der Waals surface area contributed by atoms with E-state index in [-0.39, 0.29) is 12.0 Å². The Morgan fingerprint density at radius 1 is 1.22 bits per heavy atom. The van der Waals surface area contributed by atoms with Gasteiger partial charge in [-0.15, -0.1) is 0 Å². The zero-order valence-corrected chi connectivity index (χ0v) is 11.5. The van der Waals surface area contributed by atoms with Crippen LogP contribution >= 0.6 is 0 Å². The lowest BCUT2D eigenvalue weighted by Gasteiger charge is -2.25. The van der Waals surface area contributed by atoms with Gasteiger partial charge in [-0.1, -0.05) is 13.8 Å². The van der Waals surface area contributed by atoms with Crippen LogP contribution in [-0.4, -0.2) is 28.2 Å². The number of nitrogens with two attached hydrogens (primary N) is 1. The van der Waals surface area contributed by atoms with Gasteiger partial charge in [-0.3, -0.25) is 0 Å². The normalized spacial score (nSPS) is 11.4. The number of nitrogen functional groups attached to an aromatic ring is 1. The molecule has 0 fully saturated rings. The average molecular weight is 253 g/mol. The van der Waals surface area contributed by atoms with Gasteiger partial charge in [0.05, 0.1) is 0 Å². The minimum atomic E-state index is 0.0103. The van der Waals surface area contributed by atoms with E-state index in [1.807, 2.05) is 13.8 Å². The van der Waals surface area contributed by atoms with Crippen molar-refractivity contribution in [1.82, 2.24) is 9.97 Å². The topological polar surface area (TPSA) is 96.1 Å². The van der Waals surface area contributed by atoms with E-state index in [0.717, 1.165) is 24.3 Å². The Morgan fingerprint density at radius 2 is 1.83 bits per heavy atom. The molecule has 0 aliphatic carbocycles. The maximum atomic E-state index is 9.00. The van der Waals surface area contributed by atoms with E-state index < -0.39 is 0 Å². The third-order valence-corrected chi connectivity index (χ3v) is 2.92. The molecule has 1 aromatic heterocycles. The highest BCUT2D eigenvalue weighted by atomic mass is 16.3. The molecule has 6 nitrogen and oxygen atoms in total. The summed E-state index contributed by atoms with van der Waals surface area (Å²) >= 11 is 0. The Hall–Kier alpha value is -1.40. The largest absolute Gasteiger partial charge is 0.396 e. The number of hydrogen-bond donors (Lipinski definition) is 4. The summed E-state index contributed by atoms with van der Waals surface area (Å²) in [6, 6.07) is 0. The van der Waals surface area contributed by atoms with Crippen LogP contribution in [0.25, 0.3) is 0 Å². The molecule has 0 aliphatic rings. The van der Waals surface area contributed by atoms with Crippen molar-refractivity contribution in [3.8, 4) is 0 Å². The van der Waals surface area contributed by atoms with Crippen molar-refractivity contribution >= 4 is 11.6 Å². The van der Waals surface area contributed by atoms with Gasteiger partial charge in [-0.05, 0) is 25.7 Å². The van der Waals surface area contributed by atoms with Crippen molar-refractivity contribution in [1.29, 1.82) is 0 Å². The molecule has 0 atom stereocenters. The molecule has 18 heavy (non-hydrogen) atoms. The Balaban J connectivity index is 2.82. The van der Waals surface area contributed by atoms with Gasteiger partial charge in [0.1, 0.15) is 17.5 Å². The molecule has 0 bridgehead atoms. The summed E-state index contributed by atoms with van der Waals surface area (Å²) in [4.78, 5) is 8.57. The minimum absolute atomic E-state index is 0.0103. The molecular weight excluding hydrogens is 230 g/mol. The molecule has 0 aromatic carbocycles. The van der Waals surface area contributed by atoms with E-state index in [2.05, 4.69) is 34.6 Å². The fraction of sp³-hybridized carbons (Fsp3) is 0.667. The van der Waals surface area contributed by atoms with Crippen LogP contribution in [0.3, 0.4) is 0 Å². The Labute approximate surface area is 108 Å². The number of aromatic nitrogens is 2. The first-order valence-electron chi connectivity index (χ1n) is 6.06. The van der Waals surface area contributed by atoms with Gasteiger partial charge in [0.15, 0.2) is 0 Å². The van der Waals surface area contributed by atoms with E-state index in [1.54, 1.807) is 0 Å². The van der Waals surface area contributed by atoms with Gasteiger partial charge in [0.25, 0.3) is 0 Å². The maximum Gasteiger partial charge on any atom is 0.148 e. The lowest BCUT2D eigenvalue weighted by molar-refractivity contribution is 0.220. The molecule has 1 rings (SSSR count). The minimum Gasteiger partial charge on any atom is -0.396 e.